The summed E-state index contributed by atoms with van der Waals surface area (Å²) in [5.74, 6) is 0. The molecule has 0 aliphatic heterocycles. The quantitative estimate of drug-likeness (QED) is 0.504. The summed E-state index contributed by atoms with van der Waals surface area (Å²) in [5.41, 5.74) is 3.92. The van der Waals surface area contributed by atoms with Crippen LogP contribution < -0.4 is 0 Å². The Kier molecular flexibility index (Phi) is 2.09. The van der Waals surface area contributed by atoms with Gasteiger partial charge in [0.1, 0.15) is 0 Å². The minimum Gasteiger partial charge on any atom is -0.262 e. The van der Waals surface area contributed by atoms with Crippen molar-refractivity contribution >= 4 is 0 Å². The number of benzene rings is 1. The van der Waals surface area contributed by atoms with E-state index in [9.17, 15) is 0 Å². The molecule has 0 saturated carbocycles. The highest BCUT2D eigenvalue weighted by Crippen LogP contribution is 2.29. The van der Waals surface area contributed by atoms with Crippen molar-refractivity contribution in [2.75, 3.05) is 0 Å². The Balaban J connectivity index is 0.000000101. The van der Waals surface area contributed by atoms with Crippen LogP contribution in [0.15, 0.2) is 48.7 Å². The van der Waals surface area contributed by atoms with E-state index in [0.717, 1.165) is 5.69 Å². The molecule has 1 aromatic heterocycles. The van der Waals surface area contributed by atoms with E-state index in [1.165, 1.54) is 11.1 Å². The van der Waals surface area contributed by atoms with Gasteiger partial charge in [-0.2, -0.15) is 0 Å². The zero-order valence-corrected chi connectivity index (χ0v) is 7.57. The molecule has 1 nitrogen and oxygen atoms in total. The molecule has 64 valence electrons. The first-order chi connectivity index (χ1) is 6.36. The van der Waals surface area contributed by atoms with Crippen molar-refractivity contribution in [2.24, 2.45) is 0 Å². The van der Waals surface area contributed by atoms with E-state index in [1.54, 1.807) is 6.20 Å². The predicted octanol–water partition coefficient (Wildman–Crippen LogP) is 3.06. The monoisotopic (exact) mass is 169 g/mol. The highest BCUT2D eigenvalue weighted by Gasteiger charge is 2.03. The van der Waals surface area contributed by atoms with Crippen molar-refractivity contribution in [2.45, 2.75) is 6.92 Å². The standard InChI is InChI=1S/C6H7N.C6H4/c1-6-4-2-3-5-7-6;1-2-6-4-3-5(1)6/h2-5H,1H3;1-4H. The first-order valence-electron chi connectivity index (χ1n) is 4.34. The second kappa shape index (κ2) is 3.40. The van der Waals surface area contributed by atoms with Crippen LogP contribution in [0.2, 0.25) is 0 Å². The van der Waals surface area contributed by atoms with Crippen molar-refractivity contribution in [1.29, 1.82) is 0 Å². The van der Waals surface area contributed by atoms with Crippen LogP contribution in [0, 0.1) is 6.92 Å². The maximum atomic E-state index is 3.98. The minimum atomic E-state index is 1.07. The van der Waals surface area contributed by atoms with E-state index < -0.39 is 0 Å². The molecule has 0 bridgehead atoms. The summed E-state index contributed by atoms with van der Waals surface area (Å²) in [6.45, 7) is 1.97. The molecule has 2 aliphatic rings. The van der Waals surface area contributed by atoms with Gasteiger partial charge in [0.05, 0.1) is 0 Å². The van der Waals surface area contributed by atoms with Crippen molar-refractivity contribution < 1.29 is 0 Å². The number of fused-ring (bicyclic) bond motifs is 1. The van der Waals surface area contributed by atoms with Gasteiger partial charge < -0.3 is 0 Å². The first-order valence-corrected chi connectivity index (χ1v) is 4.34. The number of aromatic nitrogens is 1. The normalized spacial score (nSPS) is 9.92. The molecule has 0 unspecified atom stereocenters. The molecule has 0 saturated heterocycles. The van der Waals surface area contributed by atoms with E-state index in [2.05, 4.69) is 29.2 Å². The highest BCUT2D eigenvalue weighted by molar-refractivity contribution is 5.75. The fourth-order valence-corrected chi connectivity index (χ4v) is 1.11. The number of aryl methyl sites for hydroxylation is 1. The van der Waals surface area contributed by atoms with Gasteiger partial charge in [-0.3, -0.25) is 4.98 Å². The molecule has 1 heterocycles. The van der Waals surface area contributed by atoms with Crippen LogP contribution in [0.1, 0.15) is 5.69 Å². The highest BCUT2D eigenvalue weighted by atomic mass is 14.6. The fourth-order valence-electron chi connectivity index (χ4n) is 1.11. The third-order valence-electron chi connectivity index (χ3n) is 2.03. The zero-order valence-electron chi connectivity index (χ0n) is 7.57. The molecule has 0 N–H and O–H groups in total. The van der Waals surface area contributed by atoms with Gasteiger partial charge in [-0.15, -0.1) is 0 Å². The summed E-state index contributed by atoms with van der Waals surface area (Å²) in [5, 5.41) is 0. The third-order valence-corrected chi connectivity index (χ3v) is 2.03. The van der Waals surface area contributed by atoms with Crippen LogP contribution >= 0.6 is 0 Å². The molecule has 0 spiro atoms. The first kappa shape index (κ1) is 7.99. The van der Waals surface area contributed by atoms with E-state index in [-0.39, 0.29) is 0 Å². The summed E-state index contributed by atoms with van der Waals surface area (Å²) >= 11 is 0. The molecule has 0 radical (unpaired) electrons. The average Bonchev–Trinajstić information content (AvgIpc) is 2.14. The van der Waals surface area contributed by atoms with Crippen molar-refractivity contribution in [3.63, 3.8) is 0 Å². The molecule has 2 aliphatic carbocycles. The molecule has 0 aromatic carbocycles. The van der Waals surface area contributed by atoms with Crippen LogP contribution in [-0.2, 0) is 0 Å². The van der Waals surface area contributed by atoms with Crippen molar-refractivity contribution in [3.8, 4) is 11.1 Å². The van der Waals surface area contributed by atoms with Gasteiger partial charge in [0.2, 0.25) is 0 Å². The van der Waals surface area contributed by atoms with Crippen LogP contribution in [0.4, 0.5) is 0 Å². The Bertz CT molecular complexity index is 355. The lowest BCUT2D eigenvalue weighted by Gasteiger charge is -2.10. The second-order valence-electron chi connectivity index (χ2n) is 3.05. The summed E-state index contributed by atoms with van der Waals surface area (Å²) in [6, 6.07) is 14.3. The Hall–Kier alpha value is -1.63. The van der Waals surface area contributed by atoms with E-state index in [0.29, 0.717) is 0 Å². The number of pyridine rings is 1. The Morgan fingerprint density at radius 3 is 1.62 bits per heavy atom. The Morgan fingerprint density at radius 2 is 1.46 bits per heavy atom. The second-order valence-corrected chi connectivity index (χ2v) is 3.05. The number of rotatable bonds is 0. The summed E-state index contributed by atoms with van der Waals surface area (Å²) in [4.78, 5) is 3.98. The van der Waals surface area contributed by atoms with Gasteiger partial charge in [-0.25, -0.2) is 0 Å². The molecule has 0 atom stereocenters. The topological polar surface area (TPSA) is 12.9 Å². The molecule has 0 amide bonds. The Labute approximate surface area is 78.1 Å². The molecular weight excluding hydrogens is 158 g/mol. The maximum absolute atomic E-state index is 3.98. The van der Waals surface area contributed by atoms with Gasteiger partial charge in [-0.1, -0.05) is 30.3 Å². The third kappa shape index (κ3) is 1.75. The molecule has 1 heteroatoms. The lowest BCUT2D eigenvalue weighted by molar-refractivity contribution is 1.20. The molecule has 13 heavy (non-hydrogen) atoms. The zero-order chi connectivity index (χ0) is 9.10. The van der Waals surface area contributed by atoms with Gasteiger partial charge in [0.25, 0.3) is 0 Å². The lowest BCUT2D eigenvalue weighted by Crippen LogP contribution is -1.85. The minimum absolute atomic E-state index is 1.07. The van der Waals surface area contributed by atoms with Crippen LogP contribution in [0.5, 0.6) is 0 Å². The van der Waals surface area contributed by atoms with Crippen LogP contribution in [-0.4, -0.2) is 4.98 Å². The SMILES string of the molecule is Cc1ccccn1.c1cc2ccc1-2. The van der Waals surface area contributed by atoms with Crippen molar-refractivity contribution in [3.05, 3.63) is 54.4 Å². The van der Waals surface area contributed by atoms with E-state index in [4.69, 9.17) is 0 Å². The van der Waals surface area contributed by atoms with E-state index >= 15 is 0 Å². The van der Waals surface area contributed by atoms with E-state index in [1.807, 2.05) is 25.1 Å². The lowest BCUT2D eigenvalue weighted by atomic mass is 9.95. The average molecular weight is 169 g/mol. The van der Waals surface area contributed by atoms with Crippen molar-refractivity contribution in [1.82, 2.24) is 4.98 Å². The summed E-state index contributed by atoms with van der Waals surface area (Å²) in [7, 11) is 0. The molecular formula is C12H11N. The number of hydrogen-bond donors (Lipinski definition) is 0. The maximum Gasteiger partial charge on any atom is 0.0372 e. The van der Waals surface area contributed by atoms with Gasteiger partial charge in [0.15, 0.2) is 0 Å². The van der Waals surface area contributed by atoms with Gasteiger partial charge >= 0.3 is 0 Å². The van der Waals surface area contributed by atoms with Gasteiger partial charge in [-0.05, 0) is 30.2 Å². The number of hydrogen-bond acceptors (Lipinski definition) is 1. The number of nitrogens with zero attached hydrogens (tertiary/aromatic N) is 1. The molecule has 0 fully saturated rings. The fraction of sp³-hybridized carbons (Fsp3) is 0.0833. The molecule has 3 rings (SSSR count). The summed E-state index contributed by atoms with van der Waals surface area (Å²) in [6.07, 6.45) is 1.79. The molecule has 1 aromatic rings. The predicted molar refractivity (Wildman–Crippen MR) is 54.4 cm³/mol. The smallest absolute Gasteiger partial charge is 0.0372 e. The summed E-state index contributed by atoms with van der Waals surface area (Å²) < 4.78 is 0. The van der Waals surface area contributed by atoms with Gasteiger partial charge in [0, 0.05) is 11.9 Å². The van der Waals surface area contributed by atoms with Crippen LogP contribution in [0.25, 0.3) is 11.1 Å². The van der Waals surface area contributed by atoms with Crippen LogP contribution in [0.3, 0.4) is 0 Å². The Morgan fingerprint density at radius 1 is 0.846 bits per heavy atom. The largest absolute Gasteiger partial charge is 0.262 e.